The standard InChI is InChI=1S/C21H25FN4O3/c1-12-16(13(2)25(5)23-12)19(27)17-18(14-6-8-15(22)9-7-14)26(11-10-24(3)4)21(29)20(17)28/h6-9,18,27H,10-11H2,1-5H3/t18-/m1/s1. The van der Waals surface area contributed by atoms with Gasteiger partial charge in [-0.05, 0) is 45.6 Å². The number of rotatable bonds is 5. The van der Waals surface area contributed by atoms with Crippen molar-refractivity contribution in [3.05, 3.63) is 58.2 Å². The van der Waals surface area contributed by atoms with Crippen molar-refractivity contribution in [3.63, 3.8) is 0 Å². The lowest BCUT2D eigenvalue weighted by molar-refractivity contribution is -0.140. The Labute approximate surface area is 169 Å². The van der Waals surface area contributed by atoms with Crippen molar-refractivity contribution >= 4 is 17.4 Å². The first-order valence-electron chi connectivity index (χ1n) is 9.32. The van der Waals surface area contributed by atoms with E-state index in [0.29, 0.717) is 35.6 Å². The van der Waals surface area contributed by atoms with Gasteiger partial charge in [0.2, 0.25) is 0 Å². The lowest BCUT2D eigenvalue weighted by atomic mass is 9.94. The molecule has 7 nitrogen and oxygen atoms in total. The maximum atomic E-state index is 13.5. The number of aryl methyl sites for hydroxylation is 2. The quantitative estimate of drug-likeness (QED) is 0.473. The summed E-state index contributed by atoms with van der Waals surface area (Å²) in [4.78, 5) is 29.1. The summed E-state index contributed by atoms with van der Waals surface area (Å²) in [6.45, 7) is 4.35. The molecule has 1 saturated heterocycles. The number of aliphatic hydroxyl groups is 1. The number of hydrogen-bond donors (Lipinski definition) is 1. The van der Waals surface area contributed by atoms with E-state index in [0.717, 1.165) is 0 Å². The van der Waals surface area contributed by atoms with E-state index in [1.54, 1.807) is 25.6 Å². The number of nitrogens with zero attached hydrogens (tertiary/aromatic N) is 4. The van der Waals surface area contributed by atoms with E-state index in [-0.39, 0.29) is 11.3 Å². The predicted molar refractivity (Wildman–Crippen MR) is 107 cm³/mol. The summed E-state index contributed by atoms with van der Waals surface area (Å²) in [7, 11) is 5.48. The van der Waals surface area contributed by atoms with Gasteiger partial charge < -0.3 is 14.9 Å². The molecule has 8 heteroatoms. The number of likely N-dealkylation sites (tertiary alicyclic amines) is 1. The van der Waals surface area contributed by atoms with Crippen molar-refractivity contribution in [2.45, 2.75) is 19.9 Å². The van der Waals surface area contributed by atoms with Crippen molar-refractivity contribution in [1.29, 1.82) is 0 Å². The smallest absolute Gasteiger partial charge is 0.295 e. The third-order valence-corrected chi connectivity index (χ3v) is 5.26. The fourth-order valence-electron chi connectivity index (χ4n) is 3.66. The lowest BCUT2D eigenvalue weighted by Crippen LogP contribution is -2.35. The molecule has 29 heavy (non-hydrogen) atoms. The number of carbonyl (C=O) groups is 2. The molecule has 1 N–H and O–H groups in total. The molecule has 1 fully saturated rings. The minimum atomic E-state index is -0.797. The zero-order chi connectivity index (χ0) is 21.5. The molecule has 154 valence electrons. The van der Waals surface area contributed by atoms with Crippen LogP contribution in [-0.2, 0) is 16.6 Å². The number of amides is 1. The first-order valence-corrected chi connectivity index (χ1v) is 9.32. The van der Waals surface area contributed by atoms with Crippen molar-refractivity contribution < 1.29 is 19.1 Å². The average Bonchev–Trinajstić information content (AvgIpc) is 3.06. The third kappa shape index (κ3) is 3.67. The number of halogens is 1. The Morgan fingerprint density at radius 1 is 1.21 bits per heavy atom. The molecule has 1 aromatic carbocycles. The van der Waals surface area contributed by atoms with Gasteiger partial charge in [-0.3, -0.25) is 14.3 Å². The van der Waals surface area contributed by atoms with Crippen molar-refractivity contribution in [1.82, 2.24) is 19.6 Å². The van der Waals surface area contributed by atoms with Gasteiger partial charge in [0.05, 0.1) is 22.9 Å². The normalized spacial score (nSPS) is 18.9. The number of ketones is 1. The van der Waals surface area contributed by atoms with E-state index in [2.05, 4.69) is 5.10 Å². The number of aliphatic hydroxyl groups excluding tert-OH is 1. The molecule has 3 rings (SSSR count). The minimum Gasteiger partial charge on any atom is -0.507 e. The Kier molecular flexibility index (Phi) is 5.57. The second-order valence-corrected chi connectivity index (χ2v) is 7.52. The summed E-state index contributed by atoms with van der Waals surface area (Å²) in [6, 6.07) is 4.83. The second-order valence-electron chi connectivity index (χ2n) is 7.52. The number of benzene rings is 1. The van der Waals surface area contributed by atoms with Gasteiger partial charge in [-0.2, -0.15) is 5.10 Å². The van der Waals surface area contributed by atoms with Crippen LogP contribution in [0.1, 0.15) is 28.6 Å². The summed E-state index contributed by atoms with van der Waals surface area (Å²) in [5.74, 6) is -2.11. The fraction of sp³-hybridized carbons (Fsp3) is 0.381. The number of Topliss-reactive ketones (excluding diaryl/α,β-unsaturated/α-hetero) is 1. The van der Waals surface area contributed by atoms with Gasteiger partial charge >= 0.3 is 0 Å². The Morgan fingerprint density at radius 3 is 2.34 bits per heavy atom. The van der Waals surface area contributed by atoms with Gasteiger partial charge in [-0.15, -0.1) is 0 Å². The SMILES string of the molecule is Cc1nn(C)c(C)c1C(O)=C1C(=O)C(=O)N(CCN(C)C)[C@@H]1c1ccc(F)cc1. The second kappa shape index (κ2) is 7.79. The highest BCUT2D eigenvalue weighted by molar-refractivity contribution is 6.46. The van der Waals surface area contributed by atoms with Crippen molar-refractivity contribution in [2.24, 2.45) is 7.05 Å². The highest BCUT2D eigenvalue weighted by Gasteiger charge is 2.46. The van der Waals surface area contributed by atoms with Crippen LogP contribution in [-0.4, -0.2) is 63.6 Å². The molecule has 1 atom stereocenters. The molecule has 2 heterocycles. The molecule has 1 aromatic heterocycles. The molecule has 0 saturated carbocycles. The Hall–Kier alpha value is -3.00. The number of likely N-dealkylation sites (N-methyl/N-ethyl adjacent to an activating group) is 1. The van der Waals surface area contributed by atoms with E-state index in [1.807, 2.05) is 19.0 Å². The predicted octanol–water partition coefficient (Wildman–Crippen LogP) is 2.16. The van der Waals surface area contributed by atoms with Gasteiger partial charge in [0.1, 0.15) is 11.6 Å². The first-order chi connectivity index (χ1) is 13.6. The summed E-state index contributed by atoms with van der Waals surface area (Å²) in [5.41, 5.74) is 2.23. The Bertz CT molecular complexity index is 992. The summed E-state index contributed by atoms with van der Waals surface area (Å²) < 4.78 is 15.1. The lowest BCUT2D eigenvalue weighted by Gasteiger charge is -2.26. The zero-order valence-electron chi connectivity index (χ0n) is 17.2. The molecule has 1 amide bonds. The van der Waals surface area contributed by atoms with E-state index in [1.165, 1.54) is 29.2 Å². The number of aromatic nitrogens is 2. The molecule has 1 aliphatic rings. The summed E-state index contributed by atoms with van der Waals surface area (Å²) in [6.07, 6.45) is 0. The van der Waals surface area contributed by atoms with Crippen LogP contribution < -0.4 is 0 Å². The monoisotopic (exact) mass is 400 g/mol. The Morgan fingerprint density at radius 2 is 1.83 bits per heavy atom. The van der Waals surface area contributed by atoms with Crippen LogP contribution in [0, 0.1) is 19.7 Å². The maximum absolute atomic E-state index is 13.5. The molecule has 0 aliphatic carbocycles. The molecule has 1 aliphatic heterocycles. The van der Waals surface area contributed by atoms with Crippen LogP contribution in [0.4, 0.5) is 4.39 Å². The molecule has 0 spiro atoms. The number of hydrogen-bond acceptors (Lipinski definition) is 5. The third-order valence-electron chi connectivity index (χ3n) is 5.26. The van der Waals surface area contributed by atoms with Crippen LogP contribution in [0.25, 0.3) is 5.76 Å². The fourth-order valence-corrected chi connectivity index (χ4v) is 3.66. The maximum Gasteiger partial charge on any atom is 0.295 e. The molecular formula is C21H25FN4O3. The first kappa shape index (κ1) is 20.7. The molecule has 0 radical (unpaired) electrons. The van der Waals surface area contributed by atoms with Crippen molar-refractivity contribution in [3.8, 4) is 0 Å². The van der Waals surface area contributed by atoms with Gasteiger partial charge in [0, 0.05) is 25.8 Å². The molecule has 0 bridgehead atoms. The minimum absolute atomic E-state index is 0.000403. The van der Waals surface area contributed by atoms with Crippen LogP contribution in [0.15, 0.2) is 29.8 Å². The van der Waals surface area contributed by atoms with E-state index in [9.17, 15) is 19.1 Å². The average molecular weight is 400 g/mol. The van der Waals surface area contributed by atoms with Crippen LogP contribution in [0.3, 0.4) is 0 Å². The summed E-state index contributed by atoms with van der Waals surface area (Å²) >= 11 is 0. The van der Waals surface area contributed by atoms with E-state index < -0.39 is 23.5 Å². The molecular weight excluding hydrogens is 375 g/mol. The summed E-state index contributed by atoms with van der Waals surface area (Å²) in [5, 5.41) is 15.4. The van der Waals surface area contributed by atoms with Gasteiger partial charge in [-0.25, -0.2) is 4.39 Å². The van der Waals surface area contributed by atoms with Gasteiger partial charge in [-0.1, -0.05) is 12.1 Å². The van der Waals surface area contributed by atoms with Gasteiger partial charge in [0.25, 0.3) is 11.7 Å². The molecule has 2 aromatic rings. The van der Waals surface area contributed by atoms with Crippen LogP contribution in [0.2, 0.25) is 0 Å². The van der Waals surface area contributed by atoms with E-state index in [4.69, 9.17) is 0 Å². The van der Waals surface area contributed by atoms with Gasteiger partial charge in [0.15, 0.2) is 0 Å². The highest BCUT2D eigenvalue weighted by atomic mass is 19.1. The van der Waals surface area contributed by atoms with Crippen molar-refractivity contribution in [2.75, 3.05) is 27.2 Å². The Balaban J connectivity index is 2.20. The van der Waals surface area contributed by atoms with E-state index >= 15 is 0 Å². The topological polar surface area (TPSA) is 78.7 Å². The zero-order valence-corrected chi connectivity index (χ0v) is 17.2. The molecule has 0 unspecified atom stereocenters. The van der Waals surface area contributed by atoms with Crippen LogP contribution >= 0.6 is 0 Å². The highest BCUT2D eigenvalue weighted by Crippen LogP contribution is 2.40. The van der Waals surface area contributed by atoms with Crippen LogP contribution in [0.5, 0.6) is 0 Å². The number of carbonyl (C=O) groups excluding carboxylic acids is 2. The largest absolute Gasteiger partial charge is 0.507 e.